The summed E-state index contributed by atoms with van der Waals surface area (Å²) in [5, 5.41) is 11.7. The molecule has 0 radical (unpaired) electrons. The van der Waals surface area contributed by atoms with Gasteiger partial charge in [-0.1, -0.05) is 6.07 Å². The molecule has 1 heterocycles. The molecule has 1 aliphatic heterocycles. The quantitative estimate of drug-likeness (QED) is 0.742. The van der Waals surface area contributed by atoms with Crippen molar-refractivity contribution >= 4 is 17.6 Å². The molecule has 2 unspecified atom stereocenters. The summed E-state index contributed by atoms with van der Waals surface area (Å²) in [6.45, 7) is 2.32. The van der Waals surface area contributed by atoms with Gasteiger partial charge in [0.2, 0.25) is 5.91 Å². The monoisotopic (exact) mass is 264 g/mol. The highest BCUT2D eigenvalue weighted by molar-refractivity contribution is 5.97. The first kappa shape index (κ1) is 13.5. The number of hydrogen-bond donors (Lipinski definition) is 3. The minimum absolute atomic E-state index is 0.171. The van der Waals surface area contributed by atoms with Crippen LogP contribution in [0.25, 0.3) is 0 Å². The van der Waals surface area contributed by atoms with Gasteiger partial charge in [0, 0.05) is 11.7 Å². The smallest absolute Gasteiger partial charge is 0.336 e. The third-order valence-electron chi connectivity index (χ3n) is 3.28. The standard InChI is InChI=1S/C13H16N2O4/c1-7-8(13(17)18)3-2-4-11(7)15-12(16)9-5-19-6-10(9)14/h2-4,9-10H,5-6,14H2,1H3,(H,15,16)(H,17,18). The highest BCUT2D eigenvalue weighted by Gasteiger charge is 2.31. The van der Waals surface area contributed by atoms with Crippen molar-refractivity contribution < 1.29 is 19.4 Å². The van der Waals surface area contributed by atoms with Crippen LogP contribution in [0.2, 0.25) is 0 Å². The van der Waals surface area contributed by atoms with Crippen LogP contribution >= 0.6 is 0 Å². The van der Waals surface area contributed by atoms with Crippen LogP contribution in [-0.4, -0.2) is 36.2 Å². The first-order chi connectivity index (χ1) is 9.00. The van der Waals surface area contributed by atoms with Crippen molar-refractivity contribution in [3.63, 3.8) is 0 Å². The molecule has 1 aromatic rings. The lowest BCUT2D eigenvalue weighted by molar-refractivity contribution is -0.120. The Labute approximate surface area is 110 Å². The molecule has 2 rings (SSSR count). The lowest BCUT2D eigenvalue weighted by Crippen LogP contribution is -2.37. The Morgan fingerprint density at radius 2 is 2.16 bits per heavy atom. The molecule has 0 aromatic heterocycles. The summed E-state index contributed by atoms with van der Waals surface area (Å²) in [7, 11) is 0. The SMILES string of the molecule is Cc1c(NC(=O)C2COCC2N)cccc1C(=O)O. The number of carbonyl (C=O) groups is 2. The van der Waals surface area contributed by atoms with E-state index in [0.29, 0.717) is 24.5 Å². The van der Waals surface area contributed by atoms with Gasteiger partial charge in [-0.2, -0.15) is 0 Å². The van der Waals surface area contributed by atoms with Gasteiger partial charge in [0.05, 0.1) is 24.7 Å². The van der Waals surface area contributed by atoms with Gasteiger partial charge in [-0.25, -0.2) is 4.79 Å². The summed E-state index contributed by atoms with van der Waals surface area (Å²) in [5.74, 6) is -1.65. The summed E-state index contributed by atoms with van der Waals surface area (Å²) in [5.41, 5.74) is 6.95. The van der Waals surface area contributed by atoms with Crippen molar-refractivity contribution in [1.82, 2.24) is 0 Å². The Kier molecular flexibility index (Phi) is 3.82. The molecule has 0 spiro atoms. The van der Waals surface area contributed by atoms with Crippen molar-refractivity contribution in [3.8, 4) is 0 Å². The van der Waals surface area contributed by atoms with Gasteiger partial charge in [0.15, 0.2) is 0 Å². The fraction of sp³-hybridized carbons (Fsp3) is 0.385. The predicted molar refractivity (Wildman–Crippen MR) is 69.1 cm³/mol. The molecule has 102 valence electrons. The van der Waals surface area contributed by atoms with Gasteiger partial charge in [0.1, 0.15) is 0 Å². The molecule has 1 aliphatic rings. The van der Waals surface area contributed by atoms with Crippen LogP contribution in [0.15, 0.2) is 18.2 Å². The molecule has 0 aliphatic carbocycles. The number of nitrogens with two attached hydrogens (primary N) is 1. The first-order valence-electron chi connectivity index (χ1n) is 5.98. The van der Waals surface area contributed by atoms with E-state index in [-0.39, 0.29) is 17.5 Å². The average molecular weight is 264 g/mol. The van der Waals surface area contributed by atoms with Crippen molar-refractivity contribution in [2.24, 2.45) is 11.7 Å². The van der Waals surface area contributed by atoms with Gasteiger partial charge in [-0.15, -0.1) is 0 Å². The van der Waals surface area contributed by atoms with Crippen molar-refractivity contribution in [3.05, 3.63) is 29.3 Å². The number of carboxylic acids is 1. The Balaban J connectivity index is 2.17. The summed E-state index contributed by atoms with van der Waals surface area (Å²) >= 11 is 0. The number of carbonyl (C=O) groups excluding carboxylic acids is 1. The van der Waals surface area contributed by atoms with Crippen LogP contribution in [0.3, 0.4) is 0 Å². The van der Waals surface area contributed by atoms with E-state index in [4.69, 9.17) is 15.6 Å². The Bertz CT molecular complexity index is 515. The van der Waals surface area contributed by atoms with Gasteiger partial charge in [0.25, 0.3) is 0 Å². The lowest BCUT2D eigenvalue weighted by atomic mass is 10.0. The number of amides is 1. The Hall–Kier alpha value is -1.92. The number of nitrogens with one attached hydrogen (secondary N) is 1. The summed E-state index contributed by atoms with van der Waals surface area (Å²) < 4.78 is 5.14. The number of aromatic carboxylic acids is 1. The highest BCUT2D eigenvalue weighted by atomic mass is 16.5. The van der Waals surface area contributed by atoms with E-state index in [1.165, 1.54) is 6.07 Å². The number of carboxylic acid groups (broad SMARTS) is 1. The van der Waals surface area contributed by atoms with Gasteiger partial charge < -0.3 is 20.9 Å². The highest BCUT2D eigenvalue weighted by Crippen LogP contribution is 2.21. The number of hydrogen-bond acceptors (Lipinski definition) is 4. The molecule has 1 saturated heterocycles. The topological polar surface area (TPSA) is 102 Å². The van der Waals surface area contributed by atoms with E-state index in [0.717, 1.165) is 0 Å². The fourth-order valence-electron chi connectivity index (χ4n) is 2.07. The van der Waals surface area contributed by atoms with Gasteiger partial charge in [-0.05, 0) is 24.6 Å². The van der Waals surface area contributed by atoms with E-state index >= 15 is 0 Å². The van der Waals surface area contributed by atoms with Gasteiger partial charge >= 0.3 is 5.97 Å². The maximum atomic E-state index is 12.0. The summed E-state index contributed by atoms with van der Waals surface area (Å²) in [4.78, 5) is 23.1. The summed E-state index contributed by atoms with van der Waals surface area (Å²) in [6, 6.07) is 4.44. The van der Waals surface area contributed by atoms with E-state index in [1.54, 1.807) is 19.1 Å². The minimum atomic E-state index is -1.02. The molecule has 0 saturated carbocycles. The zero-order chi connectivity index (χ0) is 14.0. The number of rotatable bonds is 3. The minimum Gasteiger partial charge on any atom is -0.478 e. The summed E-state index contributed by atoms with van der Waals surface area (Å²) in [6.07, 6.45) is 0. The molecule has 0 bridgehead atoms. The first-order valence-corrected chi connectivity index (χ1v) is 5.98. The molecule has 6 heteroatoms. The van der Waals surface area contributed by atoms with Crippen molar-refractivity contribution in [1.29, 1.82) is 0 Å². The maximum Gasteiger partial charge on any atom is 0.336 e. The van der Waals surface area contributed by atoms with Crippen LogP contribution in [0, 0.1) is 12.8 Å². The second kappa shape index (κ2) is 5.38. The Morgan fingerprint density at radius 1 is 1.42 bits per heavy atom. The van der Waals surface area contributed by atoms with Crippen LogP contribution < -0.4 is 11.1 Å². The van der Waals surface area contributed by atoms with Crippen LogP contribution in [0.5, 0.6) is 0 Å². The molecule has 19 heavy (non-hydrogen) atoms. The zero-order valence-electron chi connectivity index (χ0n) is 10.6. The molecule has 4 N–H and O–H groups in total. The Morgan fingerprint density at radius 3 is 2.74 bits per heavy atom. The van der Waals surface area contributed by atoms with E-state index in [9.17, 15) is 9.59 Å². The number of anilines is 1. The third-order valence-corrected chi connectivity index (χ3v) is 3.28. The predicted octanol–water partition coefficient (Wildman–Crippen LogP) is 0.605. The van der Waals surface area contributed by atoms with E-state index in [1.807, 2.05) is 0 Å². The van der Waals surface area contributed by atoms with Crippen LogP contribution in [-0.2, 0) is 9.53 Å². The number of benzene rings is 1. The molecule has 1 amide bonds. The molecule has 2 atom stereocenters. The average Bonchev–Trinajstić information content (AvgIpc) is 2.77. The third kappa shape index (κ3) is 2.74. The lowest BCUT2D eigenvalue weighted by Gasteiger charge is -2.15. The molecule has 1 aromatic carbocycles. The van der Waals surface area contributed by atoms with Crippen LogP contribution in [0.1, 0.15) is 15.9 Å². The molecule has 1 fully saturated rings. The maximum absolute atomic E-state index is 12.0. The van der Waals surface area contributed by atoms with Crippen LogP contribution in [0.4, 0.5) is 5.69 Å². The fourth-order valence-corrected chi connectivity index (χ4v) is 2.07. The van der Waals surface area contributed by atoms with Crippen molar-refractivity contribution in [2.75, 3.05) is 18.5 Å². The van der Waals surface area contributed by atoms with Crippen molar-refractivity contribution in [2.45, 2.75) is 13.0 Å². The second-order valence-electron chi connectivity index (χ2n) is 4.58. The molecule has 6 nitrogen and oxygen atoms in total. The second-order valence-corrected chi connectivity index (χ2v) is 4.58. The normalized spacial score (nSPS) is 22.2. The zero-order valence-corrected chi connectivity index (χ0v) is 10.6. The molecular weight excluding hydrogens is 248 g/mol. The molecular formula is C13H16N2O4. The number of ether oxygens (including phenoxy) is 1. The van der Waals surface area contributed by atoms with E-state index in [2.05, 4.69) is 5.32 Å². The van der Waals surface area contributed by atoms with E-state index < -0.39 is 11.9 Å². The largest absolute Gasteiger partial charge is 0.478 e. The van der Waals surface area contributed by atoms with Gasteiger partial charge in [-0.3, -0.25) is 4.79 Å².